The van der Waals surface area contributed by atoms with Gasteiger partial charge in [0, 0.05) is 19.5 Å². The van der Waals surface area contributed by atoms with E-state index in [0.717, 1.165) is 25.4 Å². The lowest BCUT2D eigenvalue weighted by molar-refractivity contribution is -0.132. The molecule has 1 aliphatic rings. The van der Waals surface area contributed by atoms with Gasteiger partial charge in [-0.05, 0) is 37.6 Å². The fourth-order valence-corrected chi connectivity index (χ4v) is 1.71. The minimum absolute atomic E-state index is 0.293. The van der Waals surface area contributed by atoms with Crippen molar-refractivity contribution in [1.82, 2.24) is 4.90 Å². The molecule has 0 aromatic heterocycles. The molecule has 0 spiro atoms. The summed E-state index contributed by atoms with van der Waals surface area (Å²) < 4.78 is 0. The van der Waals surface area contributed by atoms with Crippen LogP contribution in [0.1, 0.15) is 39.5 Å². The van der Waals surface area contributed by atoms with Gasteiger partial charge in [0.25, 0.3) is 0 Å². The summed E-state index contributed by atoms with van der Waals surface area (Å²) in [7, 11) is 0. The second-order valence-electron chi connectivity index (χ2n) is 4.83. The predicted octanol–water partition coefficient (Wildman–Crippen LogP) is 1.62. The smallest absolute Gasteiger partial charge is 0.222 e. The molecule has 1 saturated carbocycles. The van der Waals surface area contributed by atoms with E-state index >= 15 is 0 Å². The van der Waals surface area contributed by atoms with Crippen molar-refractivity contribution in [3.63, 3.8) is 0 Å². The zero-order chi connectivity index (χ0) is 11.3. The Morgan fingerprint density at radius 3 is 2.67 bits per heavy atom. The fourth-order valence-electron chi connectivity index (χ4n) is 1.71. The lowest BCUT2D eigenvalue weighted by Gasteiger charge is -2.23. The molecule has 0 aliphatic heterocycles. The van der Waals surface area contributed by atoms with Gasteiger partial charge in [-0.1, -0.05) is 13.8 Å². The molecular weight excluding hydrogens is 188 g/mol. The van der Waals surface area contributed by atoms with Gasteiger partial charge in [0.05, 0.1) is 0 Å². The van der Waals surface area contributed by atoms with E-state index in [4.69, 9.17) is 5.73 Å². The van der Waals surface area contributed by atoms with Crippen LogP contribution in [0.15, 0.2) is 0 Å². The Balaban J connectivity index is 2.34. The van der Waals surface area contributed by atoms with Gasteiger partial charge in [-0.3, -0.25) is 4.79 Å². The van der Waals surface area contributed by atoms with Gasteiger partial charge < -0.3 is 10.6 Å². The van der Waals surface area contributed by atoms with Crippen LogP contribution in [0, 0.1) is 11.8 Å². The first-order valence-corrected chi connectivity index (χ1v) is 6.15. The summed E-state index contributed by atoms with van der Waals surface area (Å²) in [5.41, 5.74) is 5.54. The summed E-state index contributed by atoms with van der Waals surface area (Å²) in [5, 5.41) is 0. The van der Waals surface area contributed by atoms with E-state index in [-0.39, 0.29) is 0 Å². The molecule has 0 saturated heterocycles. The zero-order valence-corrected chi connectivity index (χ0v) is 10.0. The first-order valence-electron chi connectivity index (χ1n) is 6.15. The third-order valence-electron chi connectivity index (χ3n) is 2.95. The first-order chi connectivity index (χ1) is 7.17. The molecule has 2 N–H and O–H groups in total. The normalized spacial score (nSPS) is 17.5. The molecule has 1 rings (SSSR count). The number of hydrogen-bond donors (Lipinski definition) is 1. The molecule has 3 heteroatoms. The van der Waals surface area contributed by atoms with Crippen LogP contribution in [0.25, 0.3) is 0 Å². The SMILES string of the molecule is CCCN(CC1CC1)C(=O)CC(C)CN. The molecule has 0 aromatic carbocycles. The molecule has 1 unspecified atom stereocenters. The molecule has 1 atom stereocenters. The van der Waals surface area contributed by atoms with Crippen LogP contribution < -0.4 is 5.73 Å². The predicted molar refractivity (Wildman–Crippen MR) is 62.4 cm³/mol. The van der Waals surface area contributed by atoms with E-state index in [1.165, 1.54) is 12.8 Å². The van der Waals surface area contributed by atoms with E-state index in [0.29, 0.717) is 24.8 Å². The average Bonchev–Trinajstić information content (AvgIpc) is 3.00. The second kappa shape index (κ2) is 6.11. The summed E-state index contributed by atoms with van der Waals surface area (Å²) in [6.07, 6.45) is 4.28. The lowest BCUT2D eigenvalue weighted by Crippen LogP contribution is -2.35. The fraction of sp³-hybridized carbons (Fsp3) is 0.917. The van der Waals surface area contributed by atoms with Gasteiger partial charge in [0.1, 0.15) is 0 Å². The number of carbonyl (C=O) groups excluding carboxylic acids is 1. The highest BCUT2D eigenvalue weighted by molar-refractivity contribution is 5.76. The van der Waals surface area contributed by atoms with Crippen molar-refractivity contribution in [2.24, 2.45) is 17.6 Å². The highest BCUT2D eigenvalue weighted by atomic mass is 16.2. The monoisotopic (exact) mass is 212 g/mol. The van der Waals surface area contributed by atoms with Crippen molar-refractivity contribution in [3.05, 3.63) is 0 Å². The van der Waals surface area contributed by atoms with Gasteiger partial charge in [-0.15, -0.1) is 0 Å². The van der Waals surface area contributed by atoms with E-state index in [1.54, 1.807) is 0 Å². The topological polar surface area (TPSA) is 46.3 Å². The maximum atomic E-state index is 11.9. The number of nitrogens with zero attached hydrogens (tertiary/aromatic N) is 1. The van der Waals surface area contributed by atoms with Crippen LogP contribution in [-0.2, 0) is 4.79 Å². The first kappa shape index (κ1) is 12.5. The molecule has 1 aliphatic carbocycles. The number of rotatable bonds is 7. The molecule has 0 bridgehead atoms. The zero-order valence-electron chi connectivity index (χ0n) is 10.0. The van der Waals surface area contributed by atoms with Crippen LogP contribution in [0.5, 0.6) is 0 Å². The Bertz CT molecular complexity index is 202. The van der Waals surface area contributed by atoms with Gasteiger partial charge in [0.2, 0.25) is 5.91 Å². The summed E-state index contributed by atoms with van der Waals surface area (Å²) in [5.74, 6) is 1.39. The van der Waals surface area contributed by atoms with E-state index in [1.807, 2.05) is 11.8 Å². The van der Waals surface area contributed by atoms with Gasteiger partial charge in [-0.2, -0.15) is 0 Å². The number of carbonyl (C=O) groups is 1. The number of amides is 1. The Morgan fingerprint density at radius 2 is 2.20 bits per heavy atom. The quantitative estimate of drug-likeness (QED) is 0.697. The van der Waals surface area contributed by atoms with E-state index in [9.17, 15) is 4.79 Å². The molecule has 0 aromatic rings. The number of hydrogen-bond acceptors (Lipinski definition) is 2. The second-order valence-corrected chi connectivity index (χ2v) is 4.83. The van der Waals surface area contributed by atoms with Crippen LogP contribution in [0.3, 0.4) is 0 Å². The molecule has 3 nitrogen and oxygen atoms in total. The van der Waals surface area contributed by atoms with E-state index < -0.39 is 0 Å². The third kappa shape index (κ3) is 4.65. The molecule has 88 valence electrons. The molecule has 1 fully saturated rings. The summed E-state index contributed by atoms with van der Waals surface area (Å²) >= 11 is 0. The van der Waals surface area contributed by atoms with Gasteiger partial charge >= 0.3 is 0 Å². The van der Waals surface area contributed by atoms with Crippen LogP contribution >= 0.6 is 0 Å². The Labute approximate surface area is 93.0 Å². The molecule has 0 heterocycles. The molecule has 1 amide bonds. The van der Waals surface area contributed by atoms with Crippen molar-refractivity contribution in [2.75, 3.05) is 19.6 Å². The lowest BCUT2D eigenvalue weighted by atomic mass is 10.1. The summed E-state index contributed by atoms with van der Waals surface area (Å²) in [6, 6.07) is 0. The summed E-state index contributed by atoms with van der Waals surface area (Å²) in [4.78, 5) is 14.0. The van der Waals surface area contributed by atoms with Crippen LogP contribution in [-0.4, -0.2) is 30.4 Å². The molecule has 0 radical (unpaired) electrons. The van der Waals surface area contributed by atoms with Crippen molar-refractivity contribution in [1.29, 1.82) is 0 Å². The Morgan fingerprint density at radius 1 is 1.53 bits per heavy atom. The Kier molecular flexibility index (Phi) is 5.09. The minimum atomic E-state index is 0.293. The minimum Gasteiger partial charge on any atom is -0.342 e. The third-order valence-corrected chi connectivity index (χ3v) is 2.95. The van der Waals surface area contributed by atoms with Crippen molar-refractivity contribution < 1.29 is 4.79 Å². The maximum Gasteiger partial charge on any atom is 0.222 e. The highest BCUT2D eigenvalue weighted by Gasteiger charge is 2.26. The average molecular weight is 212 g/mol. The standard InChI is InChI=1S/C12H24N2O/c1-3-6-14(9-11-4-5-11)12(15)7-10(2)8-13/h10-11H,3-9,13H2,1-2H3. The largest absolute Gasteiger partial charge is 0.342 e. The summed E-state index contributed by atoms with van der Waals surface area (Å²) in [6.45, 7) is 6.66. The maximum absolute atomic E-state index is 11.9. The van der Waals surface area contributed by atoms with E-state index in [2.05, 4.69) is 6.92 Å². The Hall–Kier alpha value is -0.570. The number of nitrogens with two attached hydrogens (primary N) is 1. The van der Waals surface area contributed by atoms with Crippen LogP contribution in [0.4, 0.5) is 0 Å². The van der Waals surface area contributed by atoms with Gasteiger partial charge in [0.15, 0.2) is 0 Å². The van der Waals surface area contributed by atoms with Crippen molar-refractivity contribution >= 4 is 5.91 Å². The molecule has 15 heavy (non-hydrogen) atoms. The van der Waals surface area contributed by atoms with Gasteiger partial charge in [-0.25, -0.2) is 0 Å². The highest BCUT2D eigenvalue weighted by Crippen LogP contribution is 2.30. The van der Waals surface area contributed by atoms with Crippen LogP contribution in [0.2, 0.25) is 0 Å². The van der Waals surface area contributed by atoms with Crippen molar-refractivity contribution in [2.45, 2.75) is 39.5 Å². The van der Waals surface area contributed by atoms with Crippen molar-refractivity contribution in [3.8, 4) is 0 Å². The molecular formula is C12H24N2O.